The monoisotopic (exact) mass is 211 g/mol. The third-order valence-electron chi connectivity index (χ3n) is 2.97. The molecule has 1 atom stereocenters. The lowest BCUT2D eigenvalue weighted by atomic mass is 9.97. The summed E-state index contributed by atoms with van der Waals surface area (Å²) < 4.78 is 0. The Morgan fingerprint density at radius 1 is 1.33 bits per heavy atom. The highest BCUT2D eigenvalue weighted by molar-refractivity contribution is 5.96. The second-order valence-corrected chi connectivity index (χ2v) is 4.40. The summed E-state index contributed by atoms with van der Waals surface area (Å²) in [6, 6.07) is 0.385. The number of hydrogen-bond donors (Lipinski definition) is 0. The van der Waals surface area contributed by atoms with Gasteiger partial charge in [-0.1, -0.05) is 13.3 Å². The van der Waals surface area contributed by atoms with E-state index in [1.807, 2.05) is 4.90 Å². The van der Waals surface area contributed by atoms with Gasteiger partial charge in [-0.25, -0.2) is 0 Å². The maximum absolute atomic E-state index is 11.8. The van der Waals surface area contributed by atoms with Gasteiger partial charge in [-0.3, -0.25) is 9.59 Å². The number of amides is 1. The molecule has 0 aliphatic carbocycles. The highest BCUT2D eigenvalue weighted by Gasteiger charge is 2.26. The summed E-state index contributed by atoms with van der Waals surface area (Å²) in [5.74, 6) is 0.00136. The minimum atomic E-state index is -0.0270. The second kappa shape index (κ2) is 5.89. The Morgan fingerprint density at radius 2 is 2.07 bits per heavy atom. The van der Waals surface area contributed by atoms with E-state index in [4.69, 9.17) is 0 Å². The van der Waals surface area contributed by atoms with E-state index >= 15 is 0 Å². The van der Waals surface area contributed by atoms with Gasteiger partial charge in [0.2, 0.25) is 5.91 Å². The van der Waals surface area contributed by atoms with Gasteiger partial charge in [0, 0.05) is 12.6 Å². The SMILES string of the molecule is CCCC1CCCCN1C(=O)CC(C)=O. The van der Waals surface area contributed by atoms with Crippen molar-refractivity contribution in [2.45, 2.75) is 58.4 Å². The fraction of sp³-hybridized carbons (Fsp3) is 0.833. The number of ketones is 1. The van der Waals surface area contributed by atoms with Crippen LogP contribution in [0.15, 0.2) is 0 Å². The minimum absolute atomic E-state index is 0.0270. The molecule has 1 aliphatic heterocycles. The lowest BCUT2D eigenvalue weighted by molar-refractivity contribution is -0.138. The second-order valence-electron chi connectivity index (χ2n) is 4.40. The van der Waals surface area contributed by atoms with E-state index in [0.29, 0.717) is 6.04 Å². The van der Waals surface area contributed by atoms with Gasteiger partial charge in [-0.05, 0) is 32.6 Å². The Morgan fingerprint density at radius 3 is 2.67 bits per heavy atom. The minimum Gasteiger partial charge on any atom is -0.339 e. The van der Waals surface area contributed by atoms with Crippen LogP contribution in [-0.4, -0.2) is 29.2 Å². The molecule has 1 saturated heterocycles. The van der Waals surface area contributed by atoms with Gasteiger partial charge >= 0.3 is 0 Å². The fourth-order valence-electron chi connectivity index (χ4n) is 2.28. The Hall–Kier alpha value is -0.860. The van der Waals surface area contributed by atoms with Crippen molar-refractivity contribution in [3.8, 4) is 0 Å². The van der Waals surface area contributed by atoms with E-state index in [1.54, 1.807) is 0 Å². The Bertz CT molecular complexity index is 236. The van der Waals surface area contributed by atoms with Crippen LogP contribution in [0.25, 0.3) is 0 Å². The van der Waals surface area contributed by atoms with Crippen LogP contribution in [0.3, 0.4) is 0 Å². The topological polar surface area (TPSA) is 37.4 Å². The van der Waals surface area contributed by atoms with Crippen molar-refractivity contribution in [2.24, 2.45) is 0 Å². The van der Waals surface area contributed by atoms with Crippen molar-refractivity contribution in [1.29, 1.82) is 0 Å². The first-order valence-electron chi connectivity index (χ1n) is 5.94. The predicted octanol–water partition coefficient (Wildman–Crippen LogP) is 2.15. The average Bonchev–Trinajstić information content (AvgIpc) is 2.18. The van der Waals surface area contributed by atoms with Crippen LogP contribution in [0.5, 0.6) is 0 Å². The maximum Gasteiger partial charge on any atom is 0.230 e. The quantitative estimate of drug-likeness (QED) is 0.668. The number of hydrogen-bond acceptors (Lipinski definition) is 2. The molecule has 1 fully saturated rings. The first kappa shape index (κ1) is 12.2. The molecule has 1 rings (SSSR count). The molecule has 0 radical (unpaired) electrons. The van der Waals surface area contributed by atoms with E-state index < -0.39 is 0 Å². The van der Waals surface area contributed by atoms with Gasteiger partial charge in [0.1, 0.15) is 5.78 Å². The van der Waals surface area contributed by atoms with Crippen molar-refractivity contribution >= 4 is 11.7 Å². The number of carbonyl (C=O) groups excluding carboxylic acids is 2. The molecule has 3 nitrogen and oxygen atoms in total. The van der Waals surface area contributed by atoms with Crippen LogP contribution in [0.4, 0.5) is 0 Å². The summed E-state index contributed by atoms with van der Waals surface area (Å²) in [6.45, 7) is 4.47. The third kappa shape index (κ3) is 3.65. The number of Topliss-reactive ketones (excluding diaryl/α,β-unsaturated/α-hetero) is 1. The van der Waals surface area contributed by atoms with E-state index in [-0.39, 0.29) is 18.1 Å². The zero-order valence-electron chi connectivity index (χ0n) is 9.79. The summed E-state index contributed by atoms with van der Waals surface area (Å²) in [6.07, 6.45) is 5.67. The van der Waals surface area contributed by atoms with Gasteiger partial charge in [0.25, 0.3) is 0 Å². The highest BCUT2D eigenvalue weighted by Crippen LogP contribution is 2.21. The lowest BCUT2D eigenvalue weighted by Crippen LogP contribution is -2.44. The van der Waals surface area contributed by atoms with Crippen LogP contribution in [-0.2, 0) is 9.59 Å². The van der Waals surface area contributed by atoms with Gasteiger partial charge in [-0.15, -0.1) is 0 Å². The smallest absolute Gasteiger partial charge is 0.230 e. The number of carbonyl (C=O) groups is 2. The lowest BCUT2D eigenvalue weighted by Gasteiger charge is -2.35. The number of likely N-dealkylation sites (tertiary alicyclic amines) is 1. The molecule has 3 heteroatoms. The van der Waals surface area contributed by atoms with Crippen molar-refractivity contribution in [2.75, 3.05) is 6.54 Å². The number of piperidine rings is 1. The summed E-state index contributed by atoms with van der Waals surface area (Å²) in [4.78, 5) is 24.6. The molecule has 1 unspecified atom stereocenters. The summed E-state index contributed by atoms with van der Waals surface area (Å²) in [5.41, 5.74) is 0. The molecule has 0 aromatic rings. The molecule has 15 heavy (non-hydrogen) atoms. The Kier molecular flexibility index (Phi) is 4.79. The maximum atomic E-state index is 11.8. The number of rotatable bonds is 4. The average molecular weight is 211 g/mol. The van der Waals surface area contributed by atoms with Crippen LogP contribution >= 0.6 is 0 Å². The molecule has 1 aliphatic rings. The van der Waals surface area contributed by atoms with E-state index in [0.717, 1.165) is 32.2 Å². The summed E-state index contributed by atoms with van der Waals surface area (Å²) in [5, 5.41) is 0. The Balaban J connectivity index is 2.54. The first-order valence-corrected chi connectivity index (χ1v) is 5.94. The molecule has 1 amide bonds. The summed E-state index contributed by atoms with van der Waals surface area (Å²) >= 11 is 0. The standard InChI is InChI=1S/C12H21NO2/c1-3-6-11-7-4-5-8-13(11)12(15)9-10(2)14/h11H,3-9H2,1-2H3. The molecule has 0 bridgehead atoms. The molecule has 0 aromatic heterocycles. The normalized spacial score (nSPS) is 21.5. The van der Waals surface area contributed by atoms with Gasteiger partial charge in [0.15, 0.2) is 0 Å². The zero-order chi connectivity index (χ0) is 11.3. The number of nitrogens with zero attached hydrogens (tertiary/aromatic N) is 1. The van der Waals surface area contributed by atoms with E-state index in [9.17, 15) is 9.59 Å². The molecular formula is C12H21NO2. The van der Waals surface area contributed by atoms with E-state index in [2.05, 4.69) is 6.92 Å². The largest absolute Gasteiger partial charge is 0.339 e. The van der Waals surface area contributed by atoms with Crippen LogP contribution in [0, 0.1) is 0 Å². The van der Waals surface area contributed by atoms with Crippen LogP contribution in [0.2, 0.25) is 0 Å². The molecule has 0 saturated carbocycles. The fourth-order valence-corrected chi connectivity index (χ4v) is 2.28. The van der Waals surface area contributed by atoms with Crippen molar-refractivity contribution < 1.29 is 9.59 Å². The Labute approximate surface area is 91.8 Å². The molecule has 1 heterocycles. The molecule has 86 valence electrons. The highest BCUT2D eigenvalue weighted by atomic mass is 16.2. The van der Waals surface area contributed by atoms with Crippen molar-refractivity contribution in [1.82, 2.24) is 4.90 Å². The van der Waals surface area contributed by atoms with Gasteiger partial charge < -0.3 is 4.90 Å². The zero-order valence-corrected chi connectivity index (χ0v) is 9.79. The molecule has 0 spiro atoms. The van der Waals surface area contributed by atoms with Crippen LogP contribution in [0.1, 0.15) is 52.4 Å². The van der Waals surface area contributed by atoms with E-state index in [1.165, 1.54) is 13.3 Å². The summed E-state index contributed by atoms with van der Waals surface area (Å²) in [7, 11) is 0. The van der Waals surface area contributed by atoms with Crippen LogP contribution < -0.4 is 0 Å². The molecule has 0 N–H and O–H groups in total. The molecule has 0 aromatic carbocycles. The van der Waals surface area contributed by atoms with Crippen molar-refractivity contribution in [3.05, 3.63) is 0 Å². The predicted molar refractivity (Wildman–Crippen MR) is 59.6 cm³/mol. The third-order valence-corrected chi connectivity index (χ3v) is 2.97. The molecular weight excluding hydrogens is 190 g/mol. The first-order chi connectivity index (χ1) is 7.15. The van der Waals surface area contributed by atoms with Crippen molar-refractivity contribution in [3.63, 3.8) is 0 Å². The van der Waals surface area contributed by atoms with Gasteiger partial charge in [0.05, 0.1) is 6.42 Å². The van der Waals surface area contributed by atoms with Gasteiger partial charge in [-0.2, -0.15) is 0 Å².